The Morgan fingerprint density at radius 2 is 1.48 bits per heavy atom. The van der Waals surface area contributed by atoms with E-state index in [2.05, 4.69) is 48.5 Å². The summed E-state index contributed by atoms with van der Waals surface area (Å²) in [6.07, 6.45) is 12.3. The van der Waals surface area contributed by atoms with E-state index in [1.165, 1.54) is 51.4 Å². The predicted molar refractivity (Wildman–Crippen MR) is 131 cm³/mol. The Bertz CT molecular complexity index is 832. The summed E-state index contributed by atoms with van der Waals surface area (Å²) in [7, 11) is 0. The van der Waals surface area contributed by atoms with E-state index in [4.69, 9.17) is 4.74 Å². The van der Waals surface area contributed by atoms with Gasteiger partial charge < -0.3 is 14.9 Å². The molecular formula is C30H50O3. The Balaban J connectivity index is 1.41. The third-order valence-electron chi connectivity index (χ3n) is 14.2. The highest BCUT2D eigenvalue weighted by atomic mass is 16.6. The van der Waals surface area contributed by atoms with Crippen molar-refractivity contribution >= 4 is 0 Å². The van der Waals surface area contributed by atoms with Crippen molar-refractivity contribution in [2.45, 2.75) is 124 Å². The highest BCUT2D eigenvalue weighted by Crippen LogP contribution is 2.79. The number of ether oxygens (including phenoxy) is 1. The van der Waals surface area contributed by atoms with E-state index in [9.17, 15) is 10.2 Å². The maximum Gasteiger partial charge on any atom is 0.170 e. The first-order chi connectivity index (χ1) is 15.1. The molecular weight excluding hydrogens is 408 g/mol. The molecule has 0 radical (unpaired) electrons. The molecule has 2 saturated heterocycles. The molecule has 7 fully saturated rings. The summed E-state index contributed by atoms with van der Waals surface area (Å²) in [5.41, 5.74) is 0.566. The van der Waals surface area contributed by atoms with Crippen molar-refractivity contribution in [3.63, 3.8) is 0 Å². The SMILES string of the molecule is CC(C)(O)[C@@H]1CC[C@]2(C)CC[C@]3(C)[C@H](CC[C@@H]4[C@]56CC[C@](O)(OC5)C(C)(C)[C@@H]6CC[C@]43C)[C@@H]12. The lowest BCUT2D eigenvalue weighted by molar-refractivity contribution is -0.401. The molecule has 5 saturated carbocycles. The maximum atomic E-state index is 11.4. The van der Waals surface area contributed by atoms with Crippen LogP contribution in [0.15, 0.2) is 0 Å². The van der Waals surface area contributed by atoms with Crippen LogP contribution in [0.1, 0.15) is 113 Å². The summed E-state index contributed by atoms with van der Waals surface area (Å²) in [6.45, 7) is 17.4. The summed E-state index contributed by atoms with van der Waals surface area (Å²) in [4.78, 5) is 0. The molecule has 3 nitrogen and oxygen atoms in total. The lowest BCUT2D eigenvalue weighted by Crippen LogP contribution is -2.74. The van der Waals surface area contributed by atoms with E-state index in [1.54, 1.807) is 0 Å². The fourth-order valence-electron chi connectivity index (χ4n) is 12.1. The molecule has 0 amide bonds. The molecule has 0 aromatic rings. The van der Waals surface area contributed by atoms with E-state index in [1.807, 2.05) is 0 Å². The van der Waals surface area contributed by atoms with Crippen LogP contribution in [0.5, 0.6) is 0 Å². The molecule has 2 bridgehead atoms. The molecule has 7 rings (SSSR count). The average molecular weight is 459 g/mol. The van der Waals surface area contributed by atoms with E-state index in [-0.39, 0.29) is 10.8 Å². The Labute approximate surface area is 202 Å². The van der Waals surface area contributed by atoms with Gasteiger partial charge >= 0.3 is 0 Å². The Kier molecular flexibility index (Phi) is 4.52. The van der Waals surface area contributed by atoms with Crippen molar-refractivity contribution in [3.8, 4) is 0 Å². The molecule has 2 N–H and O–H groups in total. The van der Waals surface area contributed by atoms with Crippen LogP contribution in [0.2, 0.25) is 0 Å². The number of fused-ring (bicyclic) bond motifs is 7. The molecule has 2 aliphatic heterocycles. The number of hydrogen-bond donors (Lipinski definition) is 2. The van der Waals surface area contributed by atoms with Gasteiger partial charge in [-0.25, -0.2) is 0 Å². The van der Waals surface area contributed by atoms with E-state index >= 15 is 0 Å². The zero-order valence-corrected chi connectivity index (χ0v) is 22.5. The van der Waals surface area contributed by atoms with Crippen LogP contribution in [-0.2, 0) is 4.74 Å². The minimum absolute atomic E-state index is 0.162. The normalized spacial score (nSPS) is 59.4. The molecule has 33 heavy (non-hydrogen) atoms. The first-order valence-electron chi connectivity index (χ1n) is 14.2. The van der Waals surface area contributed by atoms with Gasteiger partial charge in [0.1, 0.15) is 0 Å². The summed E-state index contributed by atoms with van der Waals surface area (Å²) >= 11 is 0. The van der Waals surface area contributed by atoms with Crippen molar-refractivity contribution in [3.05, 3.63) is 0 Å². The molecule has 0 aromatic heterocycles. The first-order valence-corrected chi connectivity index (χ1v) is 14.2. The van der Waals surface area contributed by atoms with Crippen molar-refractivity contribution < 1.29 is 14.9 Å². The van der Waals surface area contributed by atoms with E-state index in [0.29, 0.717) is 39.9 Å². The highest BCUT2D eigenvalue weighted by molar-refractivity contribution is 5.22. The molecule has 2 heterocycles. The standard InChI is InChI=1S/C30H50O3/c1-24(2)21-11-13-28(7)22(29(21)16-17-30(24,32)33-18-29)9-8-20-23-19(25(3,4)31)10-12-26(23,5)14-15-27(20,28)6/h19-23,31-32H,8-18H2,1-7H3/t19-,20-,21+,22+,23-,26-,27-,28-,29-,30+/m1/s1. The largest absolute Gasteiger partial charge is 0.390 e. The second kappa shape index (κ2) is 6.41. The van der Waals surface area contributed by atoms with Crippen LogP contribution < -0.4 is 0 Å². The van der Waals surface area contributed by atoms with Gasteiger partial charge in [0.05, 0.1) is 12.2 Å². The third kappa shape index (κ3) is 2.54. The molecule has 7 aliphatic rings. The summed E-state index contributed by atoms with van der Waals surface area (Å²) in [5.74, 6) is 2.15. The van der Waals surface area contributed by atoms with Gasteiger partial charge in [-0.2, -0.15) is 0 Å². The van der Waals surface area contributed by atoms with Gasteiger partial charge in [0, 0.05) is 17.3 Å². The number of hydrogen-bond acceptors (Lipinski definition) is 3. The zero-order valence-electron chi connectivity index (χ0n) is 22.5. The Morgan fingerprint density at radius 3 is 2.12 bits per heavy atom. The van der Waals surface area contributed by atoms with Crippen molar-refractivity contribution in [1.29, 1.82) is 0 Å². The van der Waals surface area contributed by atoms with Gasteiger partial charge in [-0.05, 0) is 117 Å². The average Bonchev–Trinajstić information content (AvgIpc) is 3.08. The van der Waals surface area contributed by atoms with Crippen LogP contribution in [0.4, 0.5) is 0 Å². The van der Waals surface area contributed by atoms with Crippen LogP contribution in [0.25, 0.3) is 0 Å². The first kappa shape index (κ1) is 23.3. The lowest BCUT2D eigenvalue weighted by atomic mass is 9.31. The van der Waals surface area contributed by atoms with Crippen LogP contribution in [0.3, 0.4) is 0 Å². The fraction of sp³-hybridized carbons (Fsp3) is 1.00. The van der Waals surface area contributed by atoms with Crippen molar-refractivity contribution in [2.75, 3.05) is 6.61 Å². The monoisotopic (exact) mass is 458 g/mol. The minimum Gasteiger partial charge on any atom is -0.390 e. The minimum atomic E-state index is -0.926. The van der Waals surface area contributed by atoms with Gasteiger partial charge in [-0.3, -0.25) is 0 Å². The van der Waals surface area contributed by atoms with Crippen LogP contribution in [-0.4, -0.2) is 28.2 Å². The number of rotatable bonds is 1. The molecule has 1 spiro atoms. The van der Waals surface area contributed by atoms with E-state index in [0.717, 1.165) is 25.4 Å². The fourth-order valence-corrected chi connectivity index (χ4v) is 12.1. The molecule has 10 atom stereocenters. The smallest absolute Gasteiger partial charge is 0.170 e. The topological polar surface area (TPSA) is 49.7 Å². The molecule has 0 aromatic carbocycles. The van der Waals surface area contributed by atoms with E-state index < -0.39 is 11.4 Å². The second-order valence-corrected chi connectivity index (χ2v) is 15.7. The van der Waals surface area contributed by atoms with Gasteiger partial charge in [-0.15, -0.1) is 0 Å². The molecule has 5 aliphatic carbocycles. The summed E-state index contributed by atoms with van der Waals surface area (Å²) in [6, 6.07) is 0. The summed E-state index contributed by atoms with van der Waals surface area (Å²) in [5, 5.41) is 22.6. The van der Waals surface area contributed by atoms with Gasteiger partial charge in [0.25, 0.3) is 0 Å². The quantitative estimate of drug-likeness (QED) is 0.468. The molecule has 3 heteroatoms. The second-order valence-electron chi connectivity index (χ2n) is 15.7. The Morgan fingerprint density at radius 1 is 0.758 bits per heavy atom. The highest BCUT2D eigenvalue weighted by Gasteiger charge is 2.75. The van der Waals surface area contributed by atoms with Gasteiger partial charge in [0.2, 0.25) is 0 Å². The van der Waals surface area contributed by atoms with Gasteiger partial charge in [0.15, 0.2) is 5.79 Å². The van der Waals surface area contributed by atoms with Gasteiger partial charge in [-0.1, -0.05) is 34.6 Å². The van der Waals surface area contributed by atoms with Crippen molar-refractivity contribution in [2.24, 2.45) is 56.7 Å². The number of aliphatic hydroxyl groups is 2. The zero-order chi connectivity index (χ0) is 23.9. The molecule has 188 valence electrons. The summed E-state index contributed by atoms with van der Waals surface area (Å²) < 4.78 is 6.37. The maximum absolute atomic E-state index is 11.4. The third-order valence-corrected chi connectivity index (χ3v) is 14.2. The lowest BCUT2D eigenvalue weighted by Gasteiger charge is -2.76. The Hall–Kier alpha value is -0.120. The molecule has 0 unspecified atom stereocenters. The van der Waals surface area contributed by atoms with Crippen LogP contribution >= 0.6 is 0 Å². The van der Waals surface area contributed by atoms with Crippen molar-refractivity contribution in [1.82, 2.24) is 0 Å². The predicted octanol–water partition coefficient (Wildman–Crippen LogP) is 6.56. The van der Waals surface area contributed by atoms with Crippen LogP contribution in [0, 0.1) is 56.7 Å².